The van der Waals surface area contributed by atoms with Gasteiger partial charge in [0.15, 0.2) is 0 Å². The average molecular weight is 337 g/mol. The molecule has 2 N–H and O–H groups in total. The summed E-state index contributed by atoms with van der Waals surface area (Å²) in [5, 5.41) is 12.8. The minimum absolute atomic E-state index is 0.505. The first-order valence-electron chi connectivity index (χ1n) is 9.27. The van der Waals surface area contributed by atoms with E-state index < -0.39 is 12.0 Å². The molecule has 0 aromatic heterocycles. The number of hydrogen-bond acceptors (Lipinski definition) is 2. The summed E-state index contributed by atoms with van der Waals surface area (Å²) < 4.78 is 0. The molecule has 2 aromatic carbocycles. The third-order valence-electron chi connectivity index (χ3n) is 5.35. The SMILES string of the molecule is O=C(O)[C@@H](Cc1ccccc1)NCC1CCC(c2ccccc2)CC1. The van der Waals surface area contributed by atoms with Crippen molar-refractivity contribution in [3.63, 3.8) is 0 Å². The molecule has 0 spiro atoms. The van der Waals surface area contributed by atoms with Crippen LogP contribution in [0.15, 0.2) is 60.7 Å². The van der Waals surface area contributed by atoms with E-state index in [1.807, 2.05) is 30.3 Å². The zero-order valence-electron chi connectivity index (χ0n) is 14.6. The lowest BCUT2D eigenvalue weighted by molar-refractivity contribution is -0.139. The highest BCUT2D eigenvalue weighted by Gasteiger charge is 2.24. The highest BCUT2D eigenvalue weighted by atomic mass is 16.4. The van der Waals surface area contributed by atoms with Gasteiger partial charge < -0.3 is 10.4 Å². The number of nitrogens with one attached hydrogen (secondary N) is 1. The fraction of sp³-hybridized carbons (Fsp3) is 0.409. The van der Waals surface area contributed by atoms with E-state index in [1.54, 1.807) is 0 Å². The monoisotopic (exact) mass is 337 g/mol. The van der Waals surface area contributed by atoms with E-state index in [0.717, 1.165) is 12.1 Å². The van der Waals surface area contributed by atoms with Crippen LogP contribution in [-0.2, 0) is 11.2 Å². The lowest BCUT2D eigenvalue weighted by Gasteiger charge is -2.30. The third-order valence-corrected chi connectivity index (χ3v) is 5.35. The lowest BCUT2D eigenvalue weighted by atomic mass is 9.78. The first-order valence-corrected chi connectivity index (χ1v) is 9.27. The molecule has 0 aliphatic heterocycles. The van der Waals surface area contributed by atoms with Crippen molar-refractivity contribution in [1.82, 2.24) is 5.32 Å². The average Bonchev–Trinajstić information content (AvgIpc) is 2.67. The van der Waals surface area contributed by atoms with Gasteiger partial charge in [0.2, 0.25) is 0 Å². The number of carboxylic acid groups (broad SMARTS) is 1. The normalized spacial score (nSPS) is 21.6. The molecule has 132 valence electrons. The van der Waals surface area contributed by atoms with E-state index in [-0.39, 0.29) is 0 Å². The van der Waals surface area contributed by atoms with Crippen LogP contribution in [0.3, 0.4) is 0 Å². The van der Waals surface area contributed by atoms with E-state index in [0.29, 0.717) is 18.3 Å². The van der Waals surface area contributed by atoms with Gasteiger partial charge in [-0.2, -0.15) is 0 Å². The highest BCUT2D eigenvalue weighted by Crippen LogP contribution is 2.35. The van der Waals surface area contributed by atoms with Gasteiger partial charge in [-0.25, -0.2) is 0 Å². The van der Waals surface area contributed by atoms with E-state index >= 15 is 0 Å². The molecular weight excluding hydrogens is 310 g/mol. The molecule has 3 nitrogen and oxygen atoms in total. The zero-order valence-corrected chi connectivity index (χ0v) is 14.6. The number of aliphatic carboxylic acids is 1. The van der Waals surface area contributed by atoms with Gasteiger partial charge in [0, 0.05) is 0 Å². The smallest absolute Gasteiger partial charge is 0.321 e. The van der Waals surface area contributed by atoms with E-state index in [1.165, 1.54) is 31.2 Å². The molecular formula is C22H27NO2. The number of hydrogen-bond donors (Lipinski definition) is 2. The minimum atomic E-state index is -0.762. The summed E-state index contributed by atoms with van der Waals surface area (Å²) in [6, 6.07) is 20.1. The van der Waals surface area contributed by atoms with Crippen molar-refractivity contribution in [2.75, 3.05) is 6.54 Å². The molecule has 1 aliphatic rings. The maximum absolute atomic E-state index is 11.6. The number of benzene rings is 2. The van der Waals surface area contributed by atoms with Gasteiger partial charge in [-0.15, -0.1) is 0 Å². The first kappa shape index (κ1) is 17.7. The number of carboxylic acids is 1. The van der Waals surface area contributed by atoms with Gasteiger partial charge in [-0.1, -0.05) is 60.7 Å². The Kier molecular flexibility index (Phi) is 6.24. The molecule has 1 fully saturated rings. The predicted molar refractivity (Wildman–Crippen MR) is 101 cm³/mol. The molecule has 0 saturated heterocycles. The summed E-state index contributed by atoms with van der Waals surface area (Å²) in [5.41, 5.74) is 2.51. The first-order chi connectivity index (χ1) is 12.2. The van der Waals surface area contributed by atoms with E-state index in [2.05, 4.69) is 35.6 Å². The van der Waals surface area contributed by atoms with Crippen LogP contribution in [0.2, 0.25) is 0 Å². The molecule has 0 radical (unpaired) electrons. The van der Waals surface area contributed by atoms with Crippen LogP contribution in [0.5, 0.6) is 0 Å². The van der Waals surface area contributed by atoms with Crippen LogP contribution in [0.25, 0.3) is 0 Å². The molecule has 0 amide bonds. The second kappa shape index (κ2) is 8.82. The quantitative estimate of drug-likeness (QED) is 0.794. The minimum Gasteiger partial charge on any atom is -0.480 e. The number of carbonyl (C=O) groups is 1. The molecule has 3 heteroatoms. The van der Waals surface area contributed by atoms with E-state index in [4.69, 9.17) is 0 Å². The maximum atomic E-state index is 11.6. The van der Waals surface area contributed by atoms with Crippen molar-refractivity contribution in [2.24, 2.45) is 5.92 Å². The summed E-state index contributed by atoms with van der Waals surface area (Å²) in [5.74, 6) is 0.483. The Morgan fingerprint density at radius 1 is 0.960 bits per heavy atom. The lowest BCUT2D eigenvalue weighted by Crippen LogP contribution is -2.41. The second-order valence-corrected chi connectivity index (χ2v) is 7.12. The Labute approximate surface area is 150 Å². The van der Waals surface area contributed by atoms with Gasteiger partial charge in [0.1, 0.15) is 6.04 Å². The van der Waals surface area contributed by atoms with Crippen molar-refractivity contribution < 1.29 is 9.90 Å². The molecule has 1 atom stereocenters. The molecule has 1 saturated carbocycles. The van der Waals surface area contributed by atoms with Crippen molar-refractivity contribution in [2.45, 2.75) is 44.1 Å². The summed E-state index contributed by atoms with van der Waals surface area (Å²) in [6.45, 7) is 0.797. The Morgan fingerprint density at radius 3 is 2.16 bits per heavy atom. The second-order valence-electron chi connectivity index (χ2n) is 7.12. The molecule has 0 heterocycles. The van der Waals surface area contributed by atoms with Crippen molar-refractivity contribution in [1.29, 1.82) is 0 Å². The van der Waals surface area contributed by atoms with Crippen molar-refractivity contribution in [3.8, 4) is 0 Å². The summed E-state index contributed by atoms with van der Waals surface area (Å²) in [7, 11) is 0. The Morgan fingerprint density at radius 2 is 1.56 bits per heavy atom. The fourth-order valence-corrected chi connectivity index (χ4v) is 3.83. The molecule has 1 aliphatic carbocycles. The molecule has 0 bridgehead atoms. The Hall–Kier alpha value is -2.13. The van der Waals surface area contributed by atoms with Crippen LogP contribution >= 0.6 is 0 Å². The van der Waals surface area contributed by atoms with Crippen LogP contribution in [0.1, 0.15) is 42.7 Å². The Bertz CT molecular complexity index is 648. The van der Waals surface area contributed by atoms with Gasteiger partial charge in [0.25, 0.3) is 0 Å². The van der Waals surface area contributed by atoms with Crippen LogP contribution in [0.4, 0.5) is 0 Å². The molecule has 3 rings (SSSR count). The third kappa shape index (κ3) is 5.17. The maximum Gasteiger partial charge on any atom is 0.321 e. The standard InChI is InChI=1S/C22H27NO2/c24-22(25)21(15-17-7-3-1-4-8-17)23-16-18-11-13-20(14-12-18)19-9-5-2-6-10-19/h1-10,18,20-21,23H,11-16H2,(H,24,25)/t18?,20?,21-/m1/s1. The van der Waals surface area contributed by atoms with Crippen molar-refractivity contribution in [3.05, 3.63) is 71.8 Å². The van der Waals surface area contributed by atoms with Gasteiger partial charge >= 0.3 is 5.97 Å². The van der Waals surface area contributed by atoms with Gasteiger partial charge in [-0.05, 0) is 61.6 Å². The predicted octanol–water partition coefficient (Wildman–Crippen LogP) is 4.25. The largest absolute Gasteiger partial charge is 0.480 e. The van der Waals surface area contributed by atoms with E-state index in [9.17, 15) is 9.90 Å². The van der Waals surface area contributed by atoms with Crippen LogP contribution in [0, 0.1) is 5.92 Å². The van der Waals surface area contributed by atoms with Gasteiger partial charge in [0.05, 0.1) is 0 Å². The van der Waals surface area contributed by atoms with Crippen molar-refractivity contribution >= 4 is 5.97 Å². The summed E-state index contributed by atoms with van der Waals surface area (Å²) >= 11 is 0. The molecule has 25 heavy (non-hydrogen) atoms. The Balaban J connectivity index is 1.47. The fourth-order valence-electron chi connectivity index (χ4n) is 3.83. The van der Waals surface area contributed by atoms with Crippen LogP contribution in [-0.4, -0.2) is 23.7 Å². The zero-order chi connectivity index (χ0) is 17.5. The van der Waals surface area contributed by atoms with Gasteiger partial charge in [-0.3, -0.25) is 4.79 Å². The number of rotatable bonds is 7. The summed E-state index contributed by atoms with van der Waals surface area (Å²) in [6.07, 6.45) is 5.28. The highest BCUT2D eigenvalue weighted by molar-refractivity contribution is 5.73. The topological polar surface area (TPSA) is 49.3 Å². The summed E-state index contributed by atoms with van der Waals surface area (Å²) in [4.78, 5) is 11.6. The van der Waals surface area contributed by atoms with Crippen LogP contribution < -0.4 is 5.32 Å². The molecule has 0 unspecified atom stereocenters. The molecule has 2 aromatic rings.